The molecule has 260 valence electrons. The first-order chi connectivity index (χ1) is 21.2. The van der Waals surface area contributed by atoms with Crippen LogP contribution < -0.4 is 0 Å². The first-order valence-electron chi connectivity index (χ1n) is 16.6. The van der Waals surface area contributed by atoms with Crippen molar-refractivity contribution in [3.63, 3.8) is 0 Å². The van der Waals surface area contributed by atoms with Gasteiger partial charge >= 0.3 is 12.4 Å². The molecule has 0 amide bonds. The number of ether oxygens (including phenoxy) is 2. The predicted molar refractivity (Wildman–Crippen MR) is 144 cm³/mol. The van der Waals surface area contributed by atoms with Gasteiger partial charge in [0.05, 0.1) is 25.7 Å². The van der Waals surface area contributed by atoms with Crippen molar-refractivity contribution < 1.29 is 53.4 Å². The summed E-state index contributed by atoms with van der Waals surface area (Å²) in [6, 6.07) is -1.36. The Kier molecular flexibility index (Phi) is 9.73. The Labute approximate surface area is 257 Å². The molecule has 2 heterocycles. The van der Waals surface area contributed by atoms with E-state index in [-0.39, 0.29) is 104 Å². The third-order valence-corrected chi connectivity index (χ3v) is 12.2. The Balaban J connectivity index is 1.22. The maximum Gasteiger partial charge on any atom is 0.403 e. The Morgan fingerprint density at radius 2 is 0.889 bits per heavy atom. The molecule has 0 aromatic rings. The van der Waals surface area contributed by atoms with Crippen LogP contribution in [-0.2, 0) is 9.47 Å². The summed E-state index contributed by atoms with van der Waals surface area (Å²) in [4.78, 5) is 3.27. The summed E-state index contributed by atoms with van der Waals surface area (Å²) < 4.78 is 160. The Bertz CT molecular complexity index is 938. The molecule has 0 aromatic heterocycles. The summed E-state index contributed by atoms with van der Waals surface area (Å²) in [5, 5.41) is 0. The molecule has 0 radical (unpaired) electrons. The molecule has 0 aromatic carbocycles. The van der Waals surface area contributed by atoms with Gasteiger partial charge in [-0.15, -0.1) is 0 Å². The molecule has 0 N–H and O–H groups in total. The van der Waals surface area contributed by atoms with Crippen LogP contribution in [0.25, 0.3) is 0 Å². The van der Waals surface area contributed by atoms with Crippen molar-refractivity contribution in [1.29, 1.82) is 0 Å². The van der Waals surface area contributed by atoms with Gasteiger partial charge in [0.2, 0.25) is 0 Å². The fourth-order valence-corrected chi connectivity index (χ4v) is 10.0. The van der Waals surface area contributed by atoms with Crippen LogP contribution in [0.15, 0.2) is 0 Å². The average Bonchev–Trinajstić information content (AvgIpc) is 2.95. The van der Waals surface area contributed by atoms with E-state index in [0.29, 0.717) is 0 Å². The van der Waals surface area contributed by atoms with Crippen LogP contribution >= 0.6 is 0 Å². The SMILES string of the molecule is FC1CCC(N2COC3CCC(C(C4CCC5OCN(C6CCC(F)CC6F)CC5C4)(C(F)(F)F)C(F)(F)F)CC3C2)C(F)C1. The summed E-state index contributed by atoms with van der Waals surface area (Å²) in [5.41, 5.74) is -3.95. The molecule has 0 bridgehead atoms. The van der Waals surface area contributed by atoms with Gasteiger partial charge in [-0.1, -0.05) is 0 Å². The number of nitrogens with zero attached hydrogens (tertiary/aromatic N) is 2. The van der Waals surface area contributed by atoms with E-state index in [1.54, 1.807) is 9.80 Å². The Morgan fingerprint density at radius 3 is 1.24 bits per heavy atom. The molecule has 45 heavy (non-hydrogen) atoms. The second-order valence-electron chi connectivity index (χ2n) is 14.6. The second-order valence-corrected chi connectivity index (χ2v) is 14.6. The van der Waals surface area contributed by atoms with Crippen molar-refractivity contribution in [2.75, 3.05) is 26.6 Å². The average molecular weight is 667 g/mol. The number of rotatable bonds is 4. The third-order valence-electron chi connectivity index (χ3n) is 12.2. The smallest absolute Gasteiger partial charge is 0.362 e. The van der Waals surface area contributed by atoms with Crippen LogP contribution in [0.5, 0.6) is 0 Å². The molecule has 4 saturated carbocycles. The Hall–Kier alpha value is -0.860. The lowest BCUT2D eigenvalue weighted by Gasteiger charge is -2.56. The van der Waals surface area contributed by atoms with Gasteiger partial charge in [0, 0.05) is 38.0 Å². The fraction of sp³-hybridized carbons (Fsp3) is 1.00. The van der Waals surface area contributed by atoms with Crippen LogP contribution in [0, 0.1) is 29.1 Å². The molecular formula is C31H44F10N2O2. The highest BCUT2D eigenvalue weighted by Gasteiger charge is 2.77. The lowest BCUT2D eigenvalue weighted by atomic mass is 9.55. The number of hydrogen-bond acceptors (Lipinski definition) is 4. The highest BCUT2D eigenvalue weighted by Crippen LogP contribution is 2.66. The van der Waals surface area contributed by atoms with Gasteiger partial charge in [-0.3, -0.25) is 9.80 Å². The zero-order valence-electron chi connectivity index (χ0n) is 25.2. The molecule has 4 aliphatic carbocycles. The van der Waals surface area contributed by atoms with Gasteiger partial charge in [0.1, 0.15) is 24.7 Å². The minimum absolute atomic E-state index is 0.0203. The van der Waals surface area contributed by atoms with Gasteiger partial charge in [0.25, 0.3) is 0 Å². The maximum absolute atomic E-state index is 15.2. The number of hydrogen-bond donors (Lipinski definition) is 0. The van der Waals surface area contributed by atoms with E-state index in [0.717, 1.165) is 0 Å². The molecule has 0 spiro atoms. The molecule has 12 atom stereocenters. The monoisotopic (exact) mass is 666 g/mol. The summed E-state index contributed by atoms with van der Waals surface area (Å²) >= 11 is 0. The molecule has 2 saturated heterocycles. The van der Waals surface area contributed by atoms with E-state index < -0.39 is 90.4 Å². The van der Waals surface area contributed by atoms with E-state index in [9.17, 15) is 17.6 Å². The summed E-state index contributed by atoms with van der Waals surface area (Å²) in [5.74, 6) is -4.78. The molecule has 12 unspecified atom stereocenters. The van der Waals surface area contributed by atoms with E-state index in [2.05, 4.69) is 0 Å². The van der Waals surface area contributed by atoms with Gasteiger partial charge in [0.15, 0.2) is 5.41 Å². The highest BCUT2D eigenvalue weighted by atomic mass is 19.4. The first-order valence-corrected chi connectivity index (χ1v) is 16.6. The topological polar surface area (TPSA) is 24.9 Å². The molecule has 6 rings (SSSR count). The van der Waals surface area contributed by atoms with Crippen LogP contribution in [0.4, 0.5) is 43.9 Å². The standard InChI is InChI=1S/C31H44F10N2O2/c32-21-3-5-25(23(34)11-21)42-13-17-9-19(1-7-27(17)44-15-42)29(30(36,37)38,31(39,40)41)20-2-8-28-18(10-20)14-43(16-45-28)26-6-4-22(33)12-24(26)35/h17-28H,1-16H2. The van der Waals surface area contributed by atoms with E-state index in [1.165, 1.54) is 0 Å². The van der Waals surface area contributed by atoms with Crippen LogP contribution in [0.1, 0.15) is 77.0 Å². The minimum Gasteiger partial charge on any atom is -0.362 e. The van der Waals surface area contributed by atoms with Gasteiger partial charge in [-0.25, -0.2) is 17.6 Å². The lowest BCUT2D eigenvalue weighted by molar-refractivity contribution is -0.387. The van der Waals surface area contributed by atoms with Crippen molar-refractivity contribution in [2.24, 2.45) is 29.1 Å². The van der Waals surface area contributed by atoms with Crippen molar-refractivity contribution in [2.45, 2.75) is 138 Å². The number of alkyl halides is 10. The van der Waals surface area contributed by atoms with E-state index in [4.69, 9.17) is 9.47 Å². The van der Waals surface area contributed by atoms with Gasteiger partial charge in [-0.2, -0.15) is 26.3 Å². The Morgan fingerprint density at radius 1 is 0.489 bits per heavy atom. The minimum atomic E-state index is -5.59. The first kappa shape index (κ1) is 34.0. The van der Waals surface area contributed by atoms with Crippen LogP contribution in [0.3, 0.4) is 0 Å². The van der Waals surface area contributed by atoms with Crippen molar-refractivity contribution >= 4 is 0 Å². The highest BCUT2D eigenvalue weighted by molar-refractivity contribution is 5.08. The molecule has 6 fully saturated rings. The summed E-state index contributed by atoms with van der Waals surface area (Å²) in [7, 11) is 0. The summed E-state index contributed by atoms with van der Waals surface area (Å²) in [6.07, 6.45) is -18.8. The van der Waals surface area contributed by atoms with E-state index in [1.807, 2.05) is 0 Å². The van der Waals surface area contributed by atoms with E-state index >= 15 is 26.3 Å². The number of fused-ring (bicyclic) bond motifs is 2. The molecule has 2 aliphatic heterocycles. The molecular weight excluding hydrogens is 622 g/mol. The van der Waals surface area contributed by atoms with Gasteiger partial charge < -0.3 is 9.47 Å². The van der Waals surface area contributed by atoms with Crippen molar-refractivity contribution in [3.05, 3.63) is 0 Å². The van der Waals surface area contributed by atoms with Crippen LogP contribution in [0.2, 0.25) is 0 Å². The maximum atomic E-state index is 15.2. The van der Waals surface area contributed by atoms with Crippen molar-refractivity contribution in [1.82, 2.24) is 9.80 Å². The van der Waals surface area contributed by atoms with Gasteiger partial charge in [-0.05, 0) is 87.9 Å². The quantitative estimate of drug-likeness (QED) is 0.287. The van der Waals surface area contributed by atoms with Crippen molar-refractivity contribution in [3.8, 4) is 0 Å². The molecule has 14 heteroatoms. The predicted octanol–water partition coefficient (Wildman–Crippen LogP) is 7.70. The third kappa shape index (κ3) is 6.36. The second kappa shape index (κ2) is 12.9. The molecule has 4 nitrogen and oxygen atoms in total. The van der Waals surface area contributed by atoms with Crippen LogP contribution in [-0.4, -0.2) is 97.7 Å². The normalized spacial score (nSPS) is 44.7. The zero-order valence-corrected chi connectivity index (χ0v) is 25.2. The number of halogens is 10. The zero-order chi connectivity index (χ0) is 32.3. The fourth-order valence-electron chi connectivity index (χ4n) is 10.0. The largest absolute Gasteiger partial charge is 0.403 e. The summed E-state index contributed by atoms with van der Waals surface area (Å²) in [6.45, 7) is 0.260. The molecule has 6 aliphatic rings. The lowest BCUT2D eigenvalue weighted by Crippen LogP contribution is -2.64.